The van der Waals surface area contributed by atoms with Crippen LogP contribution in [0.3, 0.4) is 0 Å². The summed E-state index contributed by atoms with van der Waals surface area (Å²) in [5.41, 5.74) is 0.364. The molecule has 0 bridgehead atoms. The van der Waals surface area contributed by atoms with E-state index in [9.17, 15) is 4.79 Å². The van der Waals surface area contributed by atoms with E-state index in [2.05, 4.69) is 23.7 Å². The van der Waals surface area contributed by atoms with Crippen LogP contribution in [0.5, 0.6) is 0 Å². The van der Waals surface area contributed by atoms with E-state index in [4.69, 9.17) is 4.74 Å². The molecule has 1 aromatic rings. The molecule has 19 heavy (non-hydrogen) atoms. The average molecular weight is 257 g/mol. The Labute approximate surface area is 114 Å². The Kier molecular flexibility index (Phi) is 5.20. The number of hydrogen-bond donors (Lipinski definition) is 1. The van der Waals surface area contributed by atoms with Crippen molar-refractivity contribution in [3.05, 3.63) is 48.6 Å². The zero-order valence-electron chi connectivity index (χ0n) is 11.6. The number of rotatable bonds is 2. The van der Waals surface area contributed by atoms with Crippen LogP contribution in [0, 0.1) is 11.8 Å². The highest BCUT2D eigenvalue weighted by molar-refractivity contribution is 5.69. The van der Waals surface area contributed by atoms with E-state index in [1.807, 2.05) is 51.1 Å². The van der Waals surface area contributed by atoms with Gasteiger partial charge in [-0.1, -0.05) is 36.1 Å². The van der Waals surface area contributed by atoms with Crippen LogP contribution in [0.1, 0.15) is 26.3 Å². The van der Waals surface area contributed by atoms with E-state index < -0.39 is 17.7 Å². The van der Waals surface area contributed by atoms with Gasteiger partial charge in [0.05, 0.1) is 0 Å². The van der Waals surface area contributed by atoms with Crippen molar-refractivity contribution in [3.63, 3.8) is 0 Å². The molecule has 0 aliphatic heterocycles. The van der Waals surface area contributed by atoms with Crippen LogP contribution < -0.4 is 5.32 Å². The van der Waals surface area contributed by atoms with E-state index in [0.29, 0.717) is 0 Å². The Bertz CT molecular complexity index is 489. The molecule has 1 N–H and O–H groups in total. The van der Waals surface area contributed by atoms with Gasteiger partial charge < -0.3 is 10.1 Å². The van der Waals surface area contributed by atoms with Crippen LogP contribution >= 0.6 is 0 Å². The first-order chi connectivity index (χ1) is 8.90. The summed E-state index contributed by atoms with van der Waals surface area (Å²) in [6.45, 7) is 9.08. The second-order valence-electron chi connectivity index (χ2n) is 4.99. The number of ether oxygens (including phenoxy) is 1. The number of carbonyl (C=O) groups excluding carboxylic acids is 1. The van der Waals surface area contributed by atoms with Crippen molar-refractivity contribution in [2.75, 3.05) is 0 Å². The average Bonchev–Trinajstić information content (AvgIpc) is 2.33. The van der Waals surface area contributed by atoms with Crippen molar-refractivity contribution in [2.45, 2.75) is 32.4 Å². The lowest BCUT2D eigenvalue weighted by atomic mass is 10.2. The van der Waals surface area contributed by atoms with Crippen molar-refractivity contribution < 1.29 is 9.53 Å². The Morgan fingerprint density at radius 3 is 2.53 bits per heavy atom. The summed E-state index contributed by atoms with van der Waals surface area (Å²) in [5, 5.41) is 2.64. The molecule has 0 fully saturated rings. The Hall–Kier alpha value is -2.21. The maximum atomic E-state index is 11.6. The first-order valence-corrected chi connectivity index (χ1v) is 6.09. The minimum atomic E-state index is -0.525. The molecule has 0 heterocycles. The van der Waals surface area contributed by atoms with Crippen molar-refractivity contribution in [2.24, 2.45) is 0 Å². The molecule has 0 aliphatic rings. The minimum Gasteiger partial charge on any atom is -0.444 e. The summed E-state index contributed by atoms with van der Waals surface area (Å²) >= 11 is 0. The van der Waals surface area contributed by atoms with Crippen LogP contribution in [0.2, 0.25) is 0 Å². The number of amides is 1. The van der Waals surface area contributed by atoms with Gasteiger partial charge in [0, 0.05) is 5.56 Å². The van der Waals surface area contributed by atoms with Gasteiger partial charge in [0.15, 0.2) is 0 Å². The molecule has 0 saturated carbocycles. The third kappa shape index (κ3) is 6.32. The first-order valence-electron chi connectivity index (χ1n) is 6.09. The van der Waals surface area contributed by atoms with Crippen LogP contribution in [-0.2, 0) is 4.74 Å². The van der Waals surface area contributed by atoms with Crippen molar-refractivity contribution in [1.82, 2.24) is 5.32 Å². The van der Waals surface area contributed by atoms with Gasteiger partial charge in [0.2, 0.25) is 0 Å². The van der Waals surface area contributed by atoms with Gasteiger partial charge in [-0.05, 0) is 32.9 Å². The minimum absolute atomic E-state index is 0.435. The third-order valence-electron chi connectivity index (χ3n) is 2.05. The molecule has 1 rings (SSSR count). The number of hydrogen-bond acceptors (Lipinski definition) is 2. The van der Waals surface area contributed by atoms with Crippen LogP contribution in [0.25, 0.3) is 0 Å². The molecule has 0 spiro atoms. The van der Waals surface area contributed by atoms with Gasteiger partial charge in [-0.15, -0.1) is 6.58 Å². The van der Waals surface area contributed by atoms with Gasteiger partial charge >= 0.3 is 6.09 Å². The lowest BCUT2D eigenvalue weighted by Gasteiger charge is -2.20. The molecule has 1 aromatic carbocycles. The van der Waals surface area contributed by atoms with Crippen molar-refractivity contribution >= 4 is 6.09 Å². The predicted molar refractivity (Wildman–Crippen MR) is 76.7 cm³/mol. The zero-order valence-corrected chi connectivity index (χ0v) is 11.6. The Morgan fingerprint density at radius 1 is 1.37 bits per heavy atom. The smallest absolute Gasteiger partial charge is 0.408 e. The fourth-order valence-electron chi connectivity index (χ4n) is 1.27. The summed E-state index contributed by atoms with van der Waals surface area (Å²) < 4.78 is 5.16. The third-order valence-corrected chi connectivity index (χ3v) is 2.05. The molecular weight excluding hydrogens is 238 g/mol. The molecule has 3 nitrogen and oxygen atoms in total. The molecular formula is C16H19NO2. The van der Waals surface area contributed by atoms with Gasteiger partial charge in [-0.25, -0.2) is 4.79 Å². The second-order valence-corrected chi connectivity index (χ2v) is 4.99. The van der Waals surface area contributed by atoms with E-state index in [0.717, 1.165) is 5.56 Å². The molecule has 1 atom stereocenters. The van der Waals surface area contributed by atoms with Crippen molar-refractivity contribution in [1.29, 1.82) is 0 Å². The van der Waals surface area contributed by atoms with E-state index in [-0.39, 0.29) is 0 Å². The molecule has 0 aromatic heterocycles. The van der Waals surface area contributed by atoms with Gasteiger partial charge in [0.25, 0.3) is 0 Å². The molecule has 0 radical (unpaired) electrons. The number of benzene rings is 1. The SMILES string of the molecule is C=CC(C#Cc1ccccc1)NC(=O)OC(C)(C)C. The van der Waals surface area contributed by atoms with Crippen LogP contribution in [0.15, 0.2) is 43.0 Å². The van der Waals surface area contributed by atoms with E-state index in [1.54, 1.807) is 6.08 Å². The van der Waals surface area contributed by atoms with Gasteiger partial charge in [-0.2, -0.15) is 0 Å². The van der Waals surface area contributed by atoms with Gasteiger partial charge in [-0.3, -0.25) is 0 Å². The van der Waals surface area contributed by atoms with E-state index in [1.165, 1.54) is 0 Å². The monoisotopic (exact) mass is 257 g/mol. The lowest BCUT2D eigenvalue weighted by Crippen LogP contribution is -2.37. The Morgan fingerprint density at radius 2 is 2.00 bits per heavy atom. The summed E-state index contributed by atoms with van der Waals surface area (Å²) in [6.07, 6.45) is 1.07. The summed E-state index contributed by atoms with van der Waals surface area (Å²) in [5.74, 6) is 5.89. The summed E-state index contributed by atoms with van der Waals surface area (Å²) in [4.78, 5) is 11.6. The lowest BCUT2D eigenvalue weighted by molar-refractivity contribution is 0.0524. The normalized spacial score (nSPS) is 11.7. The maximum absolute atomic E-state index is 11.6. The Balaban J connectivity index is 2.63. The second kappa shape index (κ2) is 6.65. The first kappa shape index (κ1) is 14.8. The number of carbonyl (C=O) groups is 1. The number of alkyl carbamates (subject to hydrolysis) is 1. The van der Waals surface area contributed by atoms with E-state index >= 15 is 0 Å². The maximum Gasteiger partial charge on any atom is 0.408 e. The largest absolute Gasteiger partial charge is 0.444 e. The molecule has 100 valence electrons. The molecule has 1 unspecified atom stereocenters. The topological polar surface area (TPSA) is 38.3 Å². The standard InChI is InChI=1S/C16H19NO2/c1-5-14(17-15(18)19-16(2,3)4)12-11-13-9-7-6-8-10-13/h5-10,14H,1H2,2-4H3,(H,17,18). The summed E-state index contributed by atoms with van der Waals surface area (Å²) in [7, 11) is 0. The number of nitrogens with one attached hydrogen (secondary N) is 1. The van der Waals surface area contributed by atoms with Crippen molar-refractivity contribution in [3.8, 4) is 11.8 Å². The molecule has 1 amide bonds. The van der Waals surface area contributed by atoms with Gasteiger partial charge in [0.1, 0.15) is 11.6 Å². The highest BCUT2D eigenvalue weighted by Gasteiger charge is 2.17. The fraction of sp³-hybridized carbons (Fsp3) is 0.312. The zero-order chi connectivity index (χ0) is 14.3. The highest BCUT2D eigenvalue weighted by Crippen LogP contribution is 2.06. The quantitative estimate of drug-likeness (QED) is 0.653. The molecule has 3 heteroatoms. The molecule has 0 aliphatic carbocycles. The summed E-state index contributed by atoms with van der Waals surface area (Å²) in [6, 6.07) is 9.12. The predicted octanol–water partition coefficient (Wildman–Crippen LogP) is 3.12. The van der Waals surface area contributed by atoms with Crippen LogP contribution in [-0.4, -0.2) is 17.7 Å². The van der Waals surface area contributed by atoms with Crippen LogP contribution in [0.4, 0.5) is 4.79 Å². The fourth-order valence-corrected chi connectivity index (χ4v) is 1.27. The highest BCUT2D eigenvalue weighted by atomic mass is 16.6. The molecule has 0 saturated heterocycles.